The zero-order valence-corrected chi connectivity index (χ0v) is 17.7. The van der Waals surface area contributed by atoms with Crippen molar-refractivity contribution in [2.75, 3.05) is 4.90 Å². The number of aliphatic hydroxyl groups is 1. The van der Waals surface area contributed by atoms with Gasteiger partial charge >= 0.3 is 0 Å². The van der Waals surface area contributed by atoms with Gasteiger partial charge in [0.05, 0.1) is 18.2 Å². The zero-order valence-electron chi connectivity index (χ0n) is 17.7. The highest BCUT2D eigenvalue weighted by molar-refractivity contribution is 6.22. The van der Waals surface area contributed by atoms with Gasteiger partial charge in [-0.15, -0.1) is 0 Å². The van der Waals surface area contributed by atoms with Crippen LogP contribution in [0.15, 0.2) is 84.9 Å². The lowest BCUT2D eigenvalue weighted by molar-refractivity contribution is -0.303. The van der Waals surface area contributed by atoms with Gasteiger partial charge in [-0.25, -0.2) is 4.90 Å². The van der Waals surface area contributed by atoms with Crippen molar-refractivity contribution in [2.45, 2.75) is 37.6 Å². The molecule has 162 valence electrons. The maximum Gasteiger partial charge on any atom is 0.254 e. The van der Waals surface area contributed by atoms with Gasteiger partial charge in [0, 0.05) is 12.0 Å². The molecule has 2 fully saturated rings. The van der Waals surface area contributed by atoms with Crippen LogP contribution in [0.1, 0.15) is 35.6 Å². The molecule has 2 aliphatic heterocycles. The molecule has 2 saturated heterocycles. The molecular formula is C26H24N2O4. The molecule has 2 amide bonds. The van der Waals surface area contributed by atoms with Gasteiger partial charge < -0.3 is 5.11 Å². The van der Waals surface area contributed by atoms with E-state index in [-0.39, 0.29) is 30.7 Å². The second kappa shape index (κ2) is 7.98. The van der Waals surface area contributed by atoms with E-state index in [2.05, 4.69) is 0 Å². The summed E-state index contributed by atoms with van der Waals surface area (Å²) in [6.45, 7) is 1.95. The molecule has 0 saturated carbocycles. The highest BCUT2D eigenvalue weighted by atomic mass is 16.8. The number of anilines is 1. The molecule has 1 N–H and O–H groups in total. The summed E-state index contributed by atoms with van der Waals surface area (Å²) in [5.41, 5.74) is 3.11. The maximum atomic E-state index is 13.4. The van der Waals surface area contributed by atoms with Crippen LogP contribution < -0.4 is 4.90 Å². The third kappa shape index (κ3) is 3.52. The van der Waals surface area contributed by atoms with E-state index in [0.717, 1.165) is 11.1 Å². The van der Waals surface area contributed by atoms with Crippen LogP contribution in [-0.2, 0) is 20.2 Å². The monoisotopic (exact) mass is 428 g/mol. The second-order valence-corrected chi connectivity index (χ2v) is 8.36. The standard InChI is InChI=1S/C26H24N2O4/c1-18-12-14-21(15-13-18)27-24(29)16-22(25(27)30)28-23(19-8-4-2-5-9-19)17-26(31,32-28)20-10-6-3-7-11-20/h2-15,22-23,31H,16-17H2,1H3/t22-,23-,26-/m1/s1. The average molecular weight is 428 g/mol. The summed E-state index contributed by atoms with van der Waals surface area (Å²) in [4.78, 5) is 33.6. The summed E-state index contributed by atoms with van der Waals surface area (Å²) in [5, 5.41) is 12.9. The Labute approximate surface area is 186 Å². The number of aryl methyl sites for hydroxylation is 1. The minimum atomic E-state index is -1.59. The van der Waals surface area contributed by atoms with E-state index in [1.807, 2.05) is 67.6 Å². The molecule has 32 heavy (non-hydrogen) atoms. The van der Waals surface area contributed by atoms with Crippen LogP contribution >= 0.6 is 0 Å². The van der Waals surface area contributed by atoms with Crippen molar-refractivity contribution in [1.29, 1.82) is 0 Å². The lowest BCUT2D eigenvalue weighted by atomic mass is 9.94. The fraction of sp³-hybridized carbons (Fsp3) is 0.231. The summed E-state index contributed by atoms with van der Waals surface area (Å²) in [5.74, 6) is -2.23. The number of hydroxylamine groups is 2. The van der Waals surface area contributed by atoms with Crippen molar-refractivity contribution in [3.63, 3.8) is 0 Å². The van der Waals surface area contributed by atoms with Gasteiger partial charge in [0.15, 0.2) is 0 Å². The lowest BCUT2D eigenvalue weighted by Crippen LogP contribution is -2.42. The van der Waals surface area contributed by atoms with Crippen LogP contribution in [0.5, 0.6) is 0 Å². The first-order chi connectivity index (χ1) is 15.5. The Morgan fingerprint density at radius 2 is 1.50 bits per heavy atom. The van der Waals surface area contributed by atoms with Gasteiger partial charge in [0.25, 0.3) is 5.91 Å². The van der Waals surface area contributed by atoms with Crippen LogP contribution in [0.2, 0.25) is 0 Å². The van der Waals surface area contributed by atoms with E-state index >= 15 is 0 Å². The first kappa shape index (κ1) is 20.6. The topological polar surface area (TPSA) is 70.1 Å². The van der Waals surface area contributed by atoms with Crippen LogP contribution in [-0.4, -0.2) is 28.0 Å². The Bertz CT molecular complexity index is 1130. The highest BCUT2D eigenvalue weighted by Gasteiger charge is 2.54. The molecule has 3 atom stereocenters. The van der Waals surface area contributed by atoms with E-state index in [1.54, 1.807) is 24.3 Å². The molecule has 0 spiro atoms. The maximum absolute atomic E-state index is 13.4. The third-order valence-electron chi connectivity index (χ3n) is 6.17. The van der Waals surface area contributed by atoms with Crippen molar-refractivity contribution < 1.29 is 19.5 Å². The predicted octanol–water partition coefficient (Wildman–Crippen LogP) is 3.85. The number of amides is 2. The molecule has 2 aliphatic rings. The number of imide groups is 1. The van der Waals surface area contributed by atoms with Gasteiger partial charge in [-0.1, -0.05) is 78.4 Å². The van der Waals surface area contributed by atoms with E-state index in [1.165, 1.54) is 9.96 Å². The van der Waals surface area contributed by atoms with Crippen LogP contribution in [0, 0.1) is 6.92 Å². The van der Waals surface area contributed by atoms with E-state index in [9.17, 15) is 14.7 Å². The number of carbonyl (C=O) groups is 2. The lowest BCUT2D eigenvalue weighted by Gasteiger charge is -2.28. The Hall–Kier alpha value is -3.32. The van der Waals surface area contributed by atoms with Crippen LogP contribution in [0.25, 0.3) is 0 Å². The number of benzene rings is 3. The minimum Gasteiger partial charge on any atom is -0.361 e. The van der Waals surface area contributed by atoms with Crippen molar-refractivity contribution in [2.24, 2.45) is 0 Å². The quantitative estimate of drug-likeness (QED) is 0.640. The summed E-state index contributed by atoms with van der Waals surface area (Å²) >= 11 is 0. The number of hydrogen-bond donors (Lipinski definition) is 1. The fourth-order valence-corrected chi connectivity index (χ4v) is 4.50. The van der Waals surface area contributed by atoms with E-state index in [0.29, 0.717) is 11.3 Å². The molecule has 0 bridgehead atoms. The second-order valence-electron chi connectivity index (χ2n) is 8.36. The normalized spacial score (nSPS) is 26.1. The van der Waals surface area contributed by atoms with E-state index < -0.39 is 11.8 Å². The molecule has 0 aromatic heterocycles. The van der Waals surface area contributed by atoms with Gasteiger partial charge in [-0.05, 0) is 24.6 Å². The number of rotatable bonds is 4. The third-order valence-corrected chi connectivity index (χ3v) is 6.17. The molecular weight excluding hydrogens is 404 g/mol. The van der Waals surface area contributed by atoms with Crippen molar-refractivity contribution in [1.82, 2.24) is 5.06 Å². The number of hydrogen-bond acceptors (Lipinski definition) is 5. The first-order valence-corrected chi connectivity index (χ1v) is 10.7. The summed E-state index contributed by atoms with van der Waals surface area (Å²) in [6.07, 6.45) is 0.227. The van der Waals surface area contributed by atoms with Gasteiger partial charge in [-0.2, -0.15) is 5.06 Å². The molecule has 5 rings (SSSR count). The SMILES string of the molecule is Cc1ccc(N2C(=O)C[C@@H](N3O[C@@](O)(c4ccccc4)C[C@@H]3c3ccccc3)C2=O)cc1. The largest absolute Gasteiger partial charge is 0.361 e. The van der Waals surface area contributed by atoms with Crippen molar-refractivity contribution >= 4 is 17.5 Å². The minimum absolute atomic E-state index is 0.0130. The Kier molecular flexibility index (Phi) is 5.13. The molecule has 2 heterocycles. The smallest absolute Gasteiger partial charge is 0.254 e. The number of carbonyl (C=O) groups excluding carboxylic acids is 2. The Morgan fingerprint density at radius 3 is 2.16 bits per heavy atom. The molecule has 0 aliphatic carbocycles. The Morgan fingerprint density at radius 1 is 0.875 bits per heavy atom. The van der Waals surface area contributed by atoms with Gasteiger partial charge in [-0.3, -0.25) is 14.4 Å². The summed E-state index contributed by atoms with van der Waals surface area (Å²) in [7, 11) is 0. The van der Waals surface area contributed by atoms with Crippen molar-refractivity contribution in [3.8, 4) is 0 Å². The van der Waals surface area contributed by atoms with Crippen molar-refractivity contribution in [3.05, 3.63) is 102 Å². The number of nitrogens with zero attached hydrogens (tertiary/aromatic N) is 2. The van der Waals surface area contributed by atoms with Gasteiger partial charge in [0.2, 0.25) is 11.7 Å². The highest BCUT2D eigenvalue weighted by Crippen LogP contribution is 2.47. The summed E-state index contributed by atoms with van der Waals surface area (Å²) < 4.78 is 0. The van der Waals surface area contributed by atoms with Gasteiger partial charge in [0.1, 0.15) is 6.04 Å². The molecule has 0 unspecified atom stereocenters. The van der Waals surface area contributed by atoms with E-state index in [4.69, 9.17) is 4.84 Å². The fourth-order valence-electron chi connectivity index (χ4n) is 4.50. The molecule has 3 aromatic rings. The van der Waals surface area contributed by atoms with Crippen LogP contribution in [0.4, 0.5) is 5.69 Å². The molecule has 0 radical (unpaired) electrons. The average Bonchev–Trinajstić information content (AvgIpc) is 3.33. The first-order valence-electron chi connectivity index (χ1n) is 10.7. The molecule has 6 heteroatoms. The predicted molar refractivity (Wildman–Crippen MR) is 119 cm³/mol. The summed E-state index contributed by atoms with van der Waals surface area (Å²) in [6, 6.07) is 24.8. The van der Waals surface area contributed by atoms with Crippen LogP contribution in [0.3, 0.4) is 0 Å². The molecule has 6 nitrogen and oxygen atoms in total. The Balaban J connectivity index is 1.50. The zero-order chi connectivity index (χ0) is 22.3. The molecule has 3 aromatic carbocycles.